The molecule has 1 spiro atoms. The highest BCUT2D eigenvalue weighted by atomic mass is 16.6. The number of methoxy groups -OCH3 is 1. The molecule has 1 fully saturated rings. The standard InChI is InChI=1S/C27H30O11/c1-13(24(30)31)35-25(32)19(36-14(2)28)12-20(29)37-18-8-10-27(33)16-5-4-9-26(27)21-15(11-16)6-7-17(34-3)22(21)38-23(18)26/h6-8,13,16,19,23,33H,4-5,9-12H2,1-3H3,(H,30,31)/t13-,16+,19-,23-,26-,27+/m0/s1. The number of carbonyl (C=O) groups is 4. The van der Waals surface area contributed by atoms with E-state index in [0.29, 0.717) is 24.3 Å². The van der Waals surface area contributed by atoms with Gasteiger partial charge in [-0.2, -0.15) is 0 Å². The van der Waals surface area contributed by atoms with Gasteiger partial charge in [-0.1, -0.05) is 12.5 Å². The van der Waals surface area contributed by atoms with Gasteiger partial charge in [-0.15, -0.1) is 0 Å². The van der Waals surface area contributed by atoms with E-state index in [1.165, 1.54) is 7.11 Å². The maximum atomic E-state index is 13.0. The Kier molecular flexibility index (Phi) is 6.37. The quantitative estimate of drug-likeness (QED) is 0.374. The van der Waals surface area contributed by atoms with Gasteiger partial charge in [-0.3, -0.25) is 9.59 Å². The fraction of sp³-hybridized carbons (Fsp3) is 0.556. The molecule has 4 aliphatic rings. The Morgan fingerprint density at radius 2 is 1.97 bits per heavy atom. The van der Waals surface area contributed by atoms with E-state index in [1.54, 1.807) is 6.08 Å². The van der Waals surface area contributed by atoms with Gasteiger partial charge in [0.25, 0.3) is 0 Å². The van der Waals surface area contributed by atoms with Crippen LogP contribution in [0.5, 0.6) is 11.5 Å². The summed E-state index contributed by atoms with van der Waals surface area (Å²) in [5.74, 6) is -3.07. The van der Waals surface area contributed by atoms with Crippen LogP contribution in [0.4, 0.5) is 0 Å². The minimum atomic E-state index is -1.69. The third-order valence-corrected chi connectivity index (χ3v) is 8.26. The van der Waals surface area contributed by atoms with Crippen molar-refractivity contribution in [2.24, 2.45) is 5.92 Å². The molecule has 38 heavy (non-hydrogen) atoms. The summed E-state index contributed by atoms with van der Waals surface area (Å²) in [5, 5.41) is 21.1. The van der Waals surface area contributed by atoms with Crippen LogP contribution >= 0.6 is 0 Å². The number of hydrogen-bond acceptors (Lipinski definition) is 10. The zero-order valence-corrected chi connectivity index (χ0v) is 21.4. The molecule has 1 aromatic carbocycles. The zero-order valence-electron chi connectivity index (χ0n) is 21.4. The van der Waals surface area contributed by atoms with Gasteiger partial charge < -0.3 is 33.9 Å². The van der Waals surface area contributed by atoms with E-state index in [4.69, 9.17) is 28.8 Å². The molecule has 1 saturated carbocycles. The van der Waals surface area contributed by atoms with E-state index in [-0.39, 0.29) is 18.1 Å². The van der Waals surface area contributed by atoms with Crippen LogP contribution in [-0.4, -0.2) is 65.1 Å². The number of carboxylic acids is 1. The number of rotatable bonds is 8. The second-order valence-electron chi connectivity index (χ2n) is 10.3. The van der Waals surface area contributed by atoms with Gasteiger partial charge in [0.15, 0.2) is 23.7 Å². The van der Waals surface area contributed by atoms with E-state index in [0.717, 1.165) is 37.8 Å². The topological polar surface area (TPSA) is 155 Å². The molecule has 1 heterocycles. The van der Waals surface area contributed by atoms with Crippen LogP contribution in [-0.2, 0) is 45.2 Å². The second-order valence-corrected chi connectivity index (χ2v) is 10.3. The third-order valence-electron chi connectivity index (χ3n) is 8.26. The minimum absolute atomic E-state index is 0.0158. The van der Waals surface area contributed by atoms with Crippen LogP contribution < -0.4 is 9.47 Å². The fourth-order valence-electron chi connectivity index (χ4n) is 6.68. The van der Waals surface area contributed by atoms with Crippen LogP contribution in [0.1, 0.15) is 57.1 Å². The molecule has 2 N–H and O–H groups in total. The molecule has 11 nitrogen and oxygen atoms in total. The Morgan fingerprint density at radius 1 is 1.21 bits per heavy atom. The Morgan fingerprint density at radius 3 is 2.66 bits per heavy atom. The van der Waals surface area contributed by atoms with Gasteiger partial charge in [0.2, 0.25) is 6.10 Å². The average molecular weight is 531 g/mol. The van der Waals surface area contributed by atoms with Crippen LogP contribution in [0.3, 0.4) is 0 Å². The smallest absolute Gasteiger partial charge is 0.348 e. The van der Waals surface area contributed by atoms with Gasteiger partial charge in [-0.05, 0) is 56.2 Å². The minimum Gasteiger partial charge on any atom is -0.493 e. The Labute approximate surface area is 218 Å². The van der Waals surface area contributed by atoms with Crippen molar-refractivity contribution in [3.63, 3.8) is 0 Å². The summed E-state index contributed by atoms with van der Waals surface area (Å²) in [5.41, 5.74) is 0.0533. The number of aliphatic hydroxyl groups is 1. The van der Waals surface area contributed by atoms with Crippen molar-refractivity contribution >= 4 is 23.9 Å². The first-order chi connectivity index (χ1) is 18.0. The lowest BCUT2D eigenvalue weighted by molar-refractivity contribution is -0.178. The van der Waals surface area contributed by atoms with Gasteiger partial charge >= 0.3 is 23.9 Å². The Balaban J connectivity index is 1.42. The van der Waals surface area contributed by atoms with E-state index in [2.05, 4.69) is 0 Å². The summed E-state index contributed by atoms with van der Waals surface area (Å²) in [6.07, 6.45) is 0.281. The maximum absolute atomic E-state index is 13.0. The van der Waals surface area contributed by atoms with Crippen molar-refractivity contribution < 1.29 is 53.1 Å². The summed E-state index contributed by atoms with van der Waals surface area (Å²) in [4.78, 5) is 48.0. The van der Waals surface area contributed by atoms with Crippen molar-refractivity contribution in [2.75, 3.05) is 7.11 Å². The predicted molar refractivity (Wildman–Crippen MR) is 127 cm³/mol. The molecule has 0 radical (unpaired) electrons. The van der Waals surface area contributed by atoms with Crippen LogP contribution in [0.2, 0.25) is 0 Å². The zero-order chi connectivity index (χ0) is 27.4. The summed E-state index contributed by atoms with van der Waals surface area (Å²) in [7, 11) is 1.54. The number of aliphatic carboxylic acids is 1. The number of ether oxygens (including phenoxy) is 5. The molecular formula is C27H30O11. The lowest BCUT2D eigenvalue weighted by Crippen LogP contribution is -2.67. The van der Waals surface area contributed by atoms with E-state index < -0.39 is 59.6 Å². The molecule has 6 atom stereocenters. The maximum Gasteiger partial charge on any atom is 0.348 e. The third kappa shape index (κ3) is 3.82. The molecule has 11 heteroatoms. The number of carbonyl (C=O) groups excluding carboxylic acids is 3. The molecular weight excluding hydrogens is 500 g/mol. The highest BCUT2D eigenvalue weighted by Crippen LogP contribution is 2.67. The van der Waals surface area contributed by atoms with Crippen molar-refractivity contribution in [3.8, 4) is 11.5 Å². The lowest BCUT2D eigenvalue weighted by atomic mass is 9.47. The number of esters is 3. The molecule has 0 unspecified atom stereocenters. The summed E-state index contributed by atoms with van der Waals surface area (Å²) in [6, 6.07) is 3.84. The highest BCUT2D eigenvalue weighted by molar-refractivity contribution is 5.86. The number of benzene rings is 1. The van der Waals surface area contributed by atoms with Gasteiger partial charge in [0.05, 0.1) is 24.5 Å². The Bertz CT molecular complexity index is 1240. The predicted octanol–water partition coefficient (Wildman–Crippen LogP) is 1.95. The molecule has 1 aliphatic heterocycles. The van der Waals surface area contributed by atoms with Crippen LogP contribution in [0, 0.1) is 5.92 Å². The Hall–Kier alpha value is -3.60. The van der Waals surface area contributed by atoms with E-state index in [1.807, 2.05) is 12.1 Å². The molecule has 204 valence electrons. The van der Waals surface area contributed by atoms with Crippen molar-refractivity contribution in [1.29, 1.82) is 0 Å². The molecule has 0 aromatic heterocycles. The molecule has 2 bridgehead atoms. The molecule has 3 aliphatic carbocycles. The van der Waals surface area contributed by atoms with Crippen LogP contribution in [0.15, 0.2) is 24.0 Å². The van der Waals surface area contributed by atoms with Gasteiger partial charge in [0, 0.05) is 12.5 Å². The van der Waals surface area contributed by atoms with Crippen molar-refractivity contribution in [2.45, 2.75) is 81.7 Å². The first-order valence-electron chi connectivity index (χ1n) is 12.6. The largest absolute Gasteiger partial charge is 0.493 e. The first kappa shape index (κ1) is 26.0. The fourth-order valence-corrected chi connectivity index (χ4v) is 6.68. The van der Waals surface area contributed by atoms with Crippen molar-refractivity contribution in [1.82, 2.24) is 0 Å². The van der Waals surface area contributed by atoms with Gasteiger partial charge in [-0.25, -0.2) is 9.59 Å². The van der Waals surface area contributed by atoms with Gasteiger partial charge in [0.1, 0.15) is 5.76 Å². The normalized spacial score (nSPS) is 29.5. The lowest BCUT2D eigenvalue weighted by Gasteiger charge is -2.59. The average Bonchev–Trinajstić information content (AvgIpc) is 3.20. The molecule has 1 aromatic rings. The summed E-state index contributed by atoms with van der Waals surface area (Å²) >= 11 is 0. The molecule has 0 amide bonds. The molecule has 5 rings (SSSR count). The van der Waals surface area contributed by atoms with Crippen LogP contribution in [0.25, 0.3) is 0 Å². The summed E-state index contributed by atoms with van der Waals surface area (Å²) < 4.78 is 27.4. The van der Waals surface area contributed by atoms with E-state index in [9.17, 15) is 24.3 Å². The SMILES string of the molecule is COc1ccc2c3c1O[C@H]1C(OC(=O)C[C@H](OC(C)=O)C(=O)O[C@@H](C)C(=O)O)=CC[C@@]4(O)[C@H](CCC[C@]314)C2. The van der Waals surface area contributed by atoms with E-state index >= 15 is 0 Å². The first-order valence-corrected chi connectivity index (χ1v) is 12.6. The van der Waals surface area contributed by atoms with Crippen molar-refractivity contribution in [3.05, 3.63) is 35.1 Å². The highest BCUT2D eigenvalue weighted by Gasteiger charge is 2.71. The summed E-state index contributed by atoms with van der Waals surface area (Å²) in [6.45, 7) is 2.18. The monoisotopic (exact) mass is 530 g/mol. The molecule has 0 saturated heterocycles. The second kappa shape index (κ2) is 9.30. The number of hydrogen-bond donors (Lipinski definition) is 2. The number of carboxylic acid groups (broad SMARTS) is 1.